The maximum Gasteiger partial charge on any atom is 0.339 e. The van der Waals surface area contributed by atoms with Crippen LogP contribution >= 0.6 is 0 Å². The lowest BCUT2D eigenvalue weighted by Crippen LogP contribution is -2.44. The Hall–Kier alpha value is -6.00. The number of benzene rings is 4. The molecule has 2 aliphatic rings. The molecule has 0 saturated heterocycles. The Labute approximate surface area is 388 Å². The predicted octanol–water partition coefficient (Wildman–Crippen LogP) is 7.97. The van der Waals surface area contributed by atoms with Crippen LogP contribution in [0.4, 0.5) is 11.4 Å². The minimum Gasteiger partial charge on any atom is -0.744 e. The van der Waals surface area contributed by atoms with E-state index in [9.17, 15) is 40.3 Å². The van der Waals surface area contributed by atoms with Gasteiger partial charge in [-0.05, 0) is 106 Å². The summed E-state index contributed by atoms with van der Waals surface area (Å²) < 4.78 is 77.4. The van der Waals surface area contributed by atoms with Gasteiger partial charge in [0.1, 0.15) is 16.7 Å². The number of ether oxygens (including phenoxy) is 1. The maximum atomic E-state index is 13.5. The van der Waals surface area contributed by atoms with Crippen LogP contribution in [0.5, 0.6) is 0 Å². The fourth-order valence-electron chi connectivity index (χ4n) is 8.93. The summed E-state index contributed by atoms with van der Waals surface area (Å²) in [7, 11) is -9.12. The van der Waals surface area contributed by atoms with Gasteiger partial charge in [0.25, 0.3) is 10.1 Å². The molecule has 13 nitrogen and oxygen atoms in total. The van der Waals surface area contributed by atoms with Crippen LogP contribution in [0.1, 0.15) is 92.1 Å². The number of allylic oxidation sites excluding steroid dienone is 6. The highest BCUT2D eigenvalue weighted by Crippen LogP contribution is 2.48. The summed E-state index contributed by atoms with van der Waals surface area (Å²) >= 11 is 0. The van der Waals surface area contributed by atoms with Gasteiger partial charge in [-0.3, -0.25) is 14.1 Å². The molecule has 2 N–H and O–H groups in total. The third-order valence-electron chi connectivity index (χ3n) is 12.4. The molecule has 66 heavy (non-hydrogen) atoms. The SMILES string of the molecule is CCN1/C(=C/C=C/C=C/C2=[N+](CCCCC(=O)N[C@@H](Cc3ccccc3)C(=O)COC(=O)c3c(C)cccc3C)c3ccc(S(=O)(=O)O)cc3C2(C)C)C(C)(C)c2cc(S(=O)(=O)[O-])ccc21. The molecule has 1 amide bonds. The van der Waals surface area contributed by atoms with E-state index in [4.69, 9.17) is 4.74 Å². The molecular formula is C51H57N3O10S2. The highest BCUT2D eigenvalue weighted by atomic mass is 32.2. The summed E-state index contributed by atoms with van der Waals surface area (Å²) in [5, 5.41) is 2.88. The minimum atomic E-state index is -4.64. The van der Waals surface area contributed by atoms with E-state index in [0.29, 0.717) is 37.1 Å². The molecule has 0 bridgehead atoms. The van der Waals surface area contributed by atoms with Crippen molar-refractivity contribution in [1.29, 1.82) is 0 Å². The summed E-state index contributed by atoms with van der Waals surface area (Å²) in [6, 6.07) is 22.7. The van der Waals surface area contributed by atoms with Crippen molar-refractivity contribution >= 4 is 55.0 Å². The van der Waals surface area contributed by atoms with Crippen LogP contribution in [0, 0.1) is 13.8 Å². The van der Waals surface area contributed by atoms with E-state index in [-0.39, 0.29) is 28.5 Å². The third-order valence-corrected chi connectivity index (χ3v) is 14.1. The number of fused-ring (bicyclic) bond motifs is 2. The number of carbonyl (C=O) groups is 3. The number of amides is 1. The Morgan fingerprint density at radius 1 is 0.833 bits per heavy atom. The summed E-state index contributed by atoms with van der Waals surface area (Å²) in [6.45, 7) is 14.0. The number of hydrogen-bond acceptors (Lipinski definition) is 10. The van der Waals surface area contributed by atoms with Crippen molar-refractivity contribution < 1.29 is 49.6 Å². The molecule has 0 aliphatic carbocycles. The monoisotopic (exact) mass is 935 g/mol. The first-order valence-corrected chi connectivity index (χ1v) is 24.7. The molecule has 6 rings (SSSR count). The van der Waals surface area contributed by atoms with Crippen LogP contribution in [-0.4, -0.2) is 79.6 Å². The molecule has 15 heteroatoms. The van der Waals surface area contributed by atoms with Crippen LogP contribution in [0.25, 0.3) is 0 Å². The summed E-state index contributed by atoms with van der Waals surface area (Å²) in [4.78, 5) is 41.6. The number of nitrogens with one attached hydrogen (secondary N) is 1. The van der Waals surface area contributed by atoms with E-state index in [2.05, 4.69) is 14.8 Å². The Bertz CT molecular complexity index is 2880. The van der Waals surface area contributed by atoms with Crippen LogP contribution in [0.2, 0.25) is 0 Å². The third kappa shape index (κ3) is 10.8. The van der Waals surface area contributed by atoms with Gasteiger partial charge in [0.2, 0.25) is 11.6 Å². The average molecular weight is 936 g/mol. The first-order chi connectivity index (χ1) is 31.0. The molecule has 0 aromatic heterocycles. The lowest BCUT2D eigenvalue weighted by molar-refractivity contribution is -0.438. The zero-order chi connectivity index (χ0) is 48.2. The van der Waals surface area contributed by atoms with Gasteiger partial charge in [-0.15, -0.1) is 0 Å². The van der Waals surface area contributed by atoms with Gasteiger partial charge in [-0.1, -0.05) is 80.6 Å². The van der Waals surface area contributed by atoms with E-state index in [1.165, 1.54) is 24.3 Å². The normalized spacial score (nSPS) is 16.5. The van der Waals surface area contributed by atoms with Gasteiger partial charge in [0.15, 0.2) is 18.1 Å². The van der Waals surface area contributed by atoms with Crippen molar-refractivity contribution in [3.63, 3.8) is 0 Å². The van der Waals surface area contributed by atoms with Crippen molar-refractivity contribution in [1.82, 2.24) is 5.32 Å². The molecule has 0 fully saturated rings. The largest absolute Gasteiger partial charge is 0.744 e. The molecule has 0 saturated carbocycles. The highest BCUT2D eigenvalue weighted by Gasteiger charge is 2.45. The Morgan fingerprint density at radius 3 is 2.15 bits per heavy atom. The van der Waals surface area contributed by atoms with Crippen molar-refractivity contribution in [3.05, 3.63) is 154 Å². The Kier molecular flexibility index (Phi) is 14.9. The van der Waals surface area contributed by atoms with Gasteiger partial charge < -0.3 is 19.5 Å². The van der Waals surface area contributed by atoms with Gasteiger partial charge in [-0.2, -0.15) is 13.0 Å². The first kappa shape index (κ1) is 49.4. The van der Waals surface area contributed by atoms with Crippen molar-refractivity contribution in [2.45, 2.75) is 101 Å². The van der Waals surface area contributed by atoms with E-state index >= 15 is 0 Å². The van der Waals surface area contributed by atoms with E-state index in [1.54, 1.807) is 38.1 Å². The zero-order valence-corrected chi connectivity index (χ0v) is 40.0. The van der Waals surface area contributed by atoms with E-state index in [1.807, 2.05) is 101 Å². The average Bonchev–Trinajstić information content (AvgIpc) is 3.60. The number of rotatable bonds is 18. The number of esters is 1. The second kappa shape index (κ2) is 19.8. The second-order valence-electron chi connectivity index (χ2n) is 17.7. The van der Waals surface area contributed by atoms with E-state index in [0.717, 1.165) is 45.0 Å². The Balaban J connectivity index is 1.18. The van der Waals surface area contributed by atoms with Gasteiger partial charge >= 0.3 is 5.97 Å². The number of hydrogen-bond donors (Lipinski definition) is 2. The zero-order valence-electron chi connectivity index (χ0n) is 38.3. The van der Waals surface area contributed by atoms with Crippen LogP contribution in [-0.2, 0) is 51.8 Å². The van der Waals surface area contributed by atoms with Crippen molar-refractivity contribution in [2.24, 2.45) is 0 Å². The number of aryl methyl sites for hydroxylation is 2. The van der Waals surface area contributed by atoms with Crippen LogP contribution in [0.15, 0.2) is 131 Å². The second-order valence-corrected chi connectivity index (χ2v) is 20.5. The summed E-state index contributed by atoms with van der Waals surface area (Å²) in [5.74, 6) is -1.37. The Morgan fingerprint density at radius 2 is 1.50 bits per heavy atom. The highest BCUT2D eigenvalue weighted by molar-refractivity contribution is 7.86. The van der Waals surface area contributed by atoms with Crippen molar-refractivity contribution in [3.8, 4) is 0 Å². The number of carbonyl (C=O) groups excluding carboxylic acids is 3. The molecular weight excluding hydrogens is 879 g/mol. The molecule has 1 atom stereocenters. The predicted molar refractivity (Wildman–Crippen MR) is 253 cm³/mol. The molecule has 0 unspecified atom stereocenters. The fraction of sp³-hybridized carbons (Fsp3) is 0.333. The lowest BCUT2D eigenvalue weighted by atomic mass is 9.81. The molecule has 348 valence electrons. The van der Waals surface area contributed by atoms with E-state index < -0.39 is 55.5 Å². The fourth-order valence-corrected chi connectivity index (χ4v) is 9.93. The topological polar surface area (TPSA) is 190 Å². The number of Topliss-reactive ketones (excluding diaryl/α,β-unsaturated/α-hetero) is 1. The van der Waals surface area contributed by atoms with Crippen LogP contribution in [0.3, 0.4) is 0 Å². The maximum absolute atomic E-state index is 13.5. The van der Waals surface area contributed by atoms with Gasteiger partial charge in [-0.25, -0.2) is 13.2 Å². The molecule has 4 aromatic rings. The smallest absolute Gasteiger partial charge is 0.339 e. The number of nitrogens with zero attached hydrogens (tertiary/aromatic N) is 2. The molecule has 2 heterocycles. The molecule has 2 aliphatic heterocycles. The first-order valence-electron chi connectivity index (χ1n) is 21.9. The van der Waals surface area contributed by atoms with Crippen molar-refractivity contribution in [2.75, 3.05) is 24.6 Å². The lowest BCUT2D eigenvalue weighted by Gasteiger charge is -2.25. The van der Waals surface area contributed by atoms with Gasteiger partial charge in [0.05, 0.1) is 26.8 Å². The van der Waals surface area contributed by atoms with Gasteiger partial charge in [0, 0.05) is 53.9 Å². The molecule has 0 radical (unpaired) electrons. The van der Waals surface area contributed by atoms with Crippen LogP contribution < -0.4 is 10.2 Å². The minimum absolute atomic E-state index is 0.109. The molecule has 4 aromatic carbocycles. The number of anilines is 1. The number of likely N-dealkylation sites (N-methyl/N-ethyl adjacent to an activating group) is 1. The standard InChI is InChI=1S/C51H57N3O10S2/c1-8-53-42-27-25-37(65(58,59)60)31-39(42)50(4,5)45(53)22-13-10-14-23-46-51(6,7)40-32-38(66(61,62)63)26-28-43(40)54(46)29-16-15-24-47(56)52-41(30-36-20-11-9-12-21-36)44(55)33-64-49(57)48-34(2)18-17-19-35(48)3/h9-14,17-23,25-28,31-32,41H,8,15-16,24,29-30,33H2,1-7H3,(H2-,52,56,58,59,60,61,62,63)/t41-/m0/s1. The number of unbranched alkanes of at least 4 members (excludes halogenated alkanes) is 1. The molecule has 0 spiro atoms. The summed E-state index contributed by atoms with van der Waals surface area (Å²) in [5.41, 5.74) is 6.20. The number of ketones is 1. The summed E-state index contributed by atoms with van der Waals surface area (Å²) in [6.07, 6.45) is 10.8. The quantitative estimate of drug-likeness (QED) is 0.0324.